The topological polar surface area (TPSA) is 116 Å². The van der Waals surface area contributed by atoms with E-state index < -0.39 is 21.9 Å². The lowest BCUT2D eigenvalue weighted by Crippen LogP contribution is -2.30. The zero-order valence-corrected chi connectivity index (χ0v) is 16.0. The number of ether oxygens (including phenoxy) is 1. The minimum Gasteiger partial charge on any atom is -0.452 e. The van der Waals surface area contributed by atoms with Gasteiger partial charge in [0, 0.05) is 6.54 Å². The number of sulfonamides is 1. The average Bonchev–Trinajstić information content (AvgIpc) is 2.61. The number of esters is 1. The van der Waals surface area contributed by atoms with Crippen LogP contribution < -0.4 is 10.5 Å². The maximum absolute atomic E-state index is 12.1. The van der Waals surface area contributed by atoms with Crippen molar-refractivity contribution in [2.24, 2.45) is 5.14 Å². The second-order valence-electron chi connectivity index (χ2n) is 6.11. The molecule has 144 valence electrons. The highest BCUT2D eigenvalue weighted by Gasteiger charge is 2.13. The van der Waals surface area contributed by atoms with E-state index in [0.717, 1.165) is 16.7 Å². The predicted octanol–water partition coefficient (Wildman–Crippen LogP) is 1.47. The van der Waals surface area contributed by atoms with Crippen LogP contribution in [0.2, 0.25) is 0 Å². The van der Waals surface area contributed by atoms with Crippen LogP contribution in [0.4, 0.5) is 0 Å². The monoisotopic (exact) mass is 390 g/mol. The normalized spacial score (nSPS) is 11.1. The van der Waals surface area contributed by atoms with Gasteiger partial charge in [-0.25, -0.2) is 18.4 Å². The lowest BCUT2D eigenvalue weighted by Gasteiger charge is -2.09. The maximum Gasteiger partial charge on any atom is 0.338 e. The number of hydrogen-bond acceptors (Lipinski definition) is 5. The van der Waals surface area contributed by atoms with Crippen molar-refractivity contribution in [3.63, 3.8) is 0 Å². The van der Waals surface area contributed by atoms with E-state index in [0.29, 0.717) is 18.5 Å². The second-order valence-corrected chi connectivity index (χ2v) is 7.67. The van der Waals surface area contributed by atoms with Gasteiger partial charge in [0.2, 0.25) is 10.0 Å². The van der Waals surface area contributed by atoms with E-state index in [2.05, 4.69) is 5.32 Å². The molecule has 0 aliphatic heterocycles. The summed E-state index contributed by atoms with van der Waals surface area (Å²) in [6.45, 7) is 3.69. The SMILES string of the molecule is Cc1cccc(C(=O)OCC(=O)NCCc2ccc(S(N)(=O)=O)cc2)c1C. The molecule has 0 fully saturated rings. The first kappa shape index (κ1) is 20.6. The molecule has 0 aliphatic carbocycles. The smallest absolute Gasteiger partial charge is 0.338 e. The predicted molar refractivity (Wildman–Crippen MR) is 101 cm³/mol. The number of nitrogens with one attached hydrogen (secondary N) is 1. The molecule has 2 rings (SSSR count). The average molecular weight is 390 g/mol. The van der Waals surface area contributed by atoms with Gasteiger partial charge in [-0.05, 0) is 55.2 Å². The summed E-state index contributed by atoms with van der Waals surface area (Å²) in [6, 6.07) is 11.4. The number of hydrogen-bond donors (Lipinski definition) is 2. The molecule has 7 nitrogen and oxygen atoms in total. The van der Waals surface area contributed by atoms with Gasteiger partial charge in [-0.1, -0.05) is 24.3 Å². The molecular weight excluding hydrogens is 368 g/mol. The van der Waals surface area contributed by atoms with Gasteiger partial charge >= 0.3 is 5.97 Å². The number of amides is 1. The molecule has 0 atom stereocenters. The third-order valence-electron chi connectivity index (χ3n) is 4.15. The fraction of sp³-hybridized carbons (Fsp3) is 0.263. The van der Waals surface area contributed by atoms with Crippen molar-refractivity contribution in [1.29, 1.82) is 0 Å². The molecule has 0 unspecified atom stereocenters. The highest BCUT2D eigenvalue weighted by Crippen LogP contribution is 2.13. The lowest BCUT2D eigenvalue weighted by molar-refractivity contribution is -0.124. The third-order valence-corrected chi connectivity index (χ3v) is 5.08. The standard InChI is InChI=1S/C19H22N2O5S/c1-13-4-3-5-17(14(13)2)19(23)26-12-18(22)21-11-10-15-6-8-16(9-7-15)27(20,24)25/h3-9H,10-12H2,1-2H3,(H,21,22)(H2,20,24,25). The molecule has 27 heavy (non-hydrogen) atoms. The summed E-state index contributed by atoms with van der Waals surface area (Å²) in [5.41, 5.74) is 3.08. The van der Waals surface area contributed by atoms with Crippen LogP contribution in [0.5, 0.6) is 0 Å². The van der Waals surface area contributed by atoms with Gasteiger partial charge in [0.1, 0.15) is 0 Å². The van der Waals surface area contributed by atoms with Crippen LogP contribution in [0, 0.1) is 13.8 Å². The lowest BCUT2D eigenvalue weighted by atomic mass is 10.0. The van der Waals surface area contributed by atoms with Crippen LogP contribution in [0.1, 0.15) is 27.0 Å². The molecule has 0 aromatic heterocycles. The highest BCUT2D eigenvalue weighted by atomic mass is 32.2. The van der Waals surface area contributed by atoms with Crippen molar-refractivity contribution in [2.45, 2.75) is 25.2 Å². The number of benzene rings is 2. The Balaban J connectivity index is 1.78. The molecule has 0 spiro atoms. The van der Waals surface area contributed by atoms with Crippen molar-refractivity contribution in [2.75, 3.05) is 13.2 Å². The summed E-state index contributed by atoms with van der Waals surface area (Å²) >= 11 is 0. The molecule has 1 amide bonds. The van der Waals surface area contributed by atoms with E-state index in [1.54, 1.807) is 24.3 Å². The molecule has 0 saturated carbocycles. The van der Waals surface area contributed by atoms with E-state index in [1.807, 2.05) is 19.9 Å². The Labute approximate surface area is 158 Å². The summed E-state index contributed by atoms with van der Waals surface area (Å²) in [4.78, 5) is 23.9. The van der Waals surface area contributed by atoms with Crippen LogP contribution in [-0.4, -0.2) is 33.4 Å². The molecule has 0 saturated heterocycles. The van der Waals surface area contributed by atoms with Crippen molar-refractivity contribution in [1.82, 2.24) is 5.32 Å². The van der Waals surface area contributed by atoms with E-state index in [1.165, 1.54) is 12.1 Å². The molecule has 3 N–H and O–H groups in total. The minimum absolute atomic E-state index is 0.0358. The maximum atomic E-state index is 12.1. The van der Waals surface area contributed by atoms with Crippen molar-refractivity contribution >= 4 is 21.9 Å². The molecule has 2 aromatic rings. The fourth-order valence-corrected chi connectivity index (χ4v) is 2.94. The Morgan fingerprint density at radius 2 is 1.74 bits per heavy atom. The Morgan fingerprint density at radius 3 is 2.37 bits per heavy atom. The summed E-state index contributed by atoms with van der Waals surface area (Å²) in [6.07, 6.45) is 0.502. The number of carbonyl (C=O) groups excluding carboxylic acids is 2. The Morgan fingerprint density at radius 1 is 1.07 bits per heavy atom. The number of rotatable bonds is 7. The zero-order valence-electron chi connectivity index (χ0n) is 15.2. The number of primary sulfonamides is 1. The Kier molecular flexibility index (Phi) is 6.70. The number of carbonyl (C=O) groups is 2. The van der Waals surface area contributed by atoms with E-state index in [4.69, 9.17) is 9.88 Å². The zero-order chi connectivity index (χ0) is 20.0. The number of aryl methyl sites for hydroxylation is 1. The van der Waals surface area contributed by atoms with Crippen molar-refractivity contribution < 1.29 is 22.7 Å². The summed E-state index contributed by atoms with van der Waals surface area (Å²) in [5.74, 6) is -0.945. The molecule has 0 aliphatic rings. The van der Waals surface area contributed by atoms with E-state index >= 15 is 0 Å². The van der Waals surface area contributed by atoms with Gasteiger partial charge in [0.05, 0.1) is 10.5 Å². The molecular formula is C19H22N2O5S. The second kappa shape index (κ2) is 8.79. The van der Waals surface area contributed by atoms with Crippen molar-refractivity contribution in [3.05, 3.63) is 64.7 Å². The van der Waals surface area contributed by atoms with Gasteiger partial charge in [-0.3, -0.25) is 4.79 Å². The van der Waals surface area contributed by atoms with Gasteiger partial charge in [0.25, 0.3) is 5.91 Å². The minimum atomic E-state index is -3.72. The highest BCUT2D eigenvalue weighted by molar-refractivity contribution is 7.89. The van der Waals surface area contributed by atoms with Crippen LogP contribution in [-0.2, 0) is 26.0 Å². The summed E-state index contributed by atoms with van der Waals surface area (Å²) in [5, 5.41) is 7.69. The van der Waals surface area contributed by atoms with Crippen molar-refractivity contribution in [3.8, 4) is 0 Å². The van der Waals surface area contributed by atoms with Gasteiger partial charge in [-0.15, -0.1) is 0 Å². The van der Waals surface area contributed by atoms with E-state index in [-0.39, 0.29) is 11.5 Å². The first-order valence-electron chi connectivity index (χ1n) is 8.30. The van der Waals surface area contributed by atoms with Gasteiger partial charge in [0.15, 0.2) is 6.61 Å². The molecule has 0 radical (unpaired) electrons. The summed E-state index contributed by atoms with van der Waals surface area (Å²) in [7, 11) is -3.72. The first-order chi connectivity index (χ1) is 12.7. The van der Waals surface area contributed by atoms with Gasteiger partial charge < -0.3 is 10.1 Å². The molecule has 8 heteroatoms. The Bertz CT molecular complexity index is 937. The molecule has 2 aromatic carbocycles. The van der Waals surface area contributed by atoms with Crippen LogP contribution >= 0.6 is 0 Å². The quantitative estimate of drug-likeness (QED) is 0.695. The molecule has 0 bridgehead atoms. The van der Waals surface area contributed by atoms with Crippen LogP contribution in [0.3, 0.4) is 0 Å². The first-order valence-corrected chi connectivity index (χ1v) is 9.85. The Hall–Kier alpha value is -2.71. The summed E-state index contributed by atoms with van der Waals surface area (Å²) < 4.78 is 27.4. The van der Waals surface area contributed by atoms with Crippen LogP contribution in [0.25, 0.3) is 0 Å². The van der Waals surface area contributed by atoms with Crippen LogP contribution in [0.15, 0.2) is 47.4 Å². The fourth-order valence-electron chi connectivity index (χ4n) is 2.42. The molecule has 0 heterocycles. The third kappa shape index (κ3) is 5.90. The van der Waals surface area contributed by atoms with E-state index in [9.17, 15) is 18.0 Å². The number of nitrogens with two attached hydrogens (primary N) is 1. The van der Waals surface area contributed by atoms with Gasteiger partial charge in [-0.2, -0.15) is 0 Å². The largest absolute Gasteiger partial charge is 0.452 e.